The zero-order valence-electron chi connectivity index (χ0n) is 14.5. The third-order valence-corrected chi connectivity index (χ3v) is 4.42. The molecular weight excluding hydrogens is 270 g/mol. The van der Waals surface area contributed by atoms with Gasteiger partial charge in [-0.3, -0.25) is 14.8 Å². The Labute approximate surface area is 135 Å². The number of piperazine rings is 1. The van der Waals surface area contributed by atoms with Gasteiger partial charge >= 0.3 is 0 Å². The van der Waals surface area contributed by atoms with E-state index in [0.717, 1.165) is 38.3 Å². The first-order valence-electron chi connectivity index (χ1n) is 8.09. The molecule has 0 atom stereocenters. The Balaban J connectivity index is 1.90. The lowest BCUT2D eigenvalue weighted by molar-refractivity contribution is 0.0591. The molecule has 0 N–H and O–H groups in total. The summed E-state index contributed by atoms with van der Waals surface area (Å²) >= 11 is 0. The summed E-state index contributed by atoms with van der Waals surface area (Å²) in [5, 5.41) is 0. The molecule has 22 heavy (non-hydrogen) atoms. The van der Waals surface area contributed by atoms with Crippen molar-refractivity contribution in [2.45, 2.75) is 39.8 Å². The minimum atomic E-state index is 0.288. The molecule has 1 aliphatic heterocycles. The molecule has 0 radical (unpaired) electrons. The molecular formula is C19H29N3. The van der Waals surface area contributed by atoms with Crippen LogP contribution in [-0.2, 0) is 6.54 Å². The lowest BCUT2D eigenvalue weighted by atomic mass is 10.0. The second kappa shape index (κ2) is 7.21. The molecule has 0 bridgehead atoms. The average molecular weight is 299 g/mol. The lowest BCUT2D eigenvalue weighted by Crippen LogP contribution is -2.53. The fraction of sp³-hybridized carbons (Fsp3) is 0.526. The van der Waals surface area contributed by atoms with Crippen molar-refractivity contribution in [3.8, 4) is 0 Å². The quantitative estimate of drug-likeness (QED) is 0.790. The van der Waals surface area contributed by atoms with Crippen LogP contribution in [0.4, 0.5) is 0 Å². The molecule has 3 heteroatoms. The summed E-state index contributed by atoms with van der Waals surface area (Å²) < 4.78 is 0. The summed E-state index contributed by atoms with van der Waals surface area (Å²) in [6, 6.07) is 8.81. The van der Waals surface area contributed by atoms with Crippen LogP contribution in [0.5, 0.6) is 0 Å². The molecule has 1 heterocycles. The standard InChI is InChI=1S/C19H29N3/c1-16(14-20-5)18-8-6-17(7-9-18)15-21-10-12-22(13-11-21)19(2,3)4/h6-9,14H,5,10-13,15H2,1-4H3/b16-14+. The van der Waals surface area contributed by atoms with Gasteiger partial charge in [-0.1, -0.05) is 24.3 Å². The fourth-order valence-corrected chi connectivity index (χ4v) is 2.92. The molecule has 1 fully saturated rings. The predicted molar refractivity (Wildman–Crippen MR) is 96.2 cm³/mol. The summed E-state index contributed by atoms with van der Waals surface area (Å²) in [7, 11) is 0. The number of allylic oxidation sites excluding steroid dienone is 1. The predicted octanol–water partition coefficient (Wildman–Crippen LogP) is 3.66. The van der Waals surface area contributed by atoms with E-state index in [0.29, 0.717) is 0 Å². The highest BCUT2D eigenvalue weighted by Crippen LogP contribution is 2.18. The number of benzene rings is 1. The van der Waals surface area contributed by atoms with E-state index in [1.165, 1.54) is 11.1 Å². The zero-order valence-corrected chi connectivity index (χ0v) is 14.5. The van der Waals surface area contributed by atoms with Gasteiger partial charge in [0.1, 0.15) is 0 Å². The molecule has 0 spiro atoms. The van der Waals surface area contributed by atoms with Crippen molar-refractivity contribution < 1.29 is 0 Å². The van der Waals surface area contributed by atoms with Crippen LogP contribution in [0.3, 0.4) is 0 Å². The van der Waals surface area contributed by atoms with E-state index in [1.54, 1.807) is 6.20 Å². The maximum Gasteiger partial charge on any atom is 0.0295 e. The average Bonchev–Trinajstić information content (AvgIpc) is 2.48. The topological polar surface area (TPSA) is 18.8 Å². The van der Waals surface area contributed by atoms with Crippen molar-refractivity contribution in [2.24, 2.45) is 4.99 Å². The van der Waals surface area contributed by atoms with Gasteiger partial charge in [-0.25, -0.2) is 0 Å². The molecule has 2 rings (SSSR count). The number of aliphatic imine (C=N–C) groups is 1. The first-order valence-corrected chi connectivity index (χ1v) is 8.09. The SMILES string of the molecule is C=N/C=C(\C)c1ccc(CN2CCN(C(C)(C)C)CC2)cc1. The van der Waals surface area contributed by atoms with Gasteiger partial charge in [-0.15, -0.1) is 0 Å². The molecule has 1 saturated heterocycles. The van der Waals surface area contributed by atoms with Crippen molar-refractivity contribution in [2.75, 3.05) is 26.2 Å². The molecule has 0 aromatic heterocycles. The van der Waals surface area contributed by atoms with Crippen molar-refractivity contribution in [1.82, 2.24) is 9.80 Å². The van der Waals surface area contributed by atoms with Crippen LogP contribution in [0, 0.1) is 0 Å². The normalized spacial score (nSPS) is 18.5. The number of hydrogen-bond acceptors (Lipinski definition) is 3. The zero-order chi connectivity index (χ0) is 16.2. The van der Waals surface area contributed by atoms with Crippen LogP contribution in [0.1, 0.15) is 38.8 Å². The van der Waals surface area contributed by atoms with Crippen LogP contribution in [-0.4, -0.2) is 48.2 Å². The monoisotopic (exact) mass is 299 g/mol. The Kier molecular flexibility index (Phi) is 5.54. The van der Waals surface area contributed by atoms with Gasteiger partial charge in [0.25, 0.3) is 0 Å². The molecule has 0 aliphatic carbocycles. The lowest BCUT2D eigenvalue weighted by Gasteiger charge is -2.42. The van der Waals surface area contributed by atoms with Gasteiger partial charge in [0, 0.05) is 44.5 Å². The van der Waals surface area contributed by atoms with Crippen molar-refractivity contribution in [3.63, 3.8) is 0 Å². The van der Waals surface area contributed by atoms with Crippen LogP contribution >= 0.6 is 0 Å². The van der Waals surface area contributed by atoms with Gasteiger partial charge in [0.2, 0.25) is 0 Å². The van der Waals surface area contributed by atoms with Crippen LogP contribution in [0.15, 0.2) is 35.5 Å². The Morgan fingerprint density at radius 3 is 2.23 bits per heavy atom. The van der Waals surface area contributed by atoms with E-state index in [9.17, 15) is 0 Å². The number of hydrogen-bond donors (Lipinski definition) is 0. The summed E-state index contributed by atoms with van der Waals surface area (Å²) in [5.74, 6) is 0. The maximum absolute atomic E-state index is 3.83. The highest BCUT2D eigenvalue weighted by Gasteiger charge is 2.25. The van der Waals surface area contributed by atoms with E-state index in [4.69, 9.17) is 0 Å². The van der Waals surface area contributed by atoms with E-state index in [2.05, 4.69) is 73.5 Å². The van der Waals surface area contributed by atoms with Gasteiger partial charge in [-0.2, -0.15) is 0 Å². The summed E-state index contributed by atoms with van der Waals surface area (Å²) in [4.78, 5) is 8.95. The van der Waals surface area contributed by atoms with Gasteiger partial charge in [0.05, 0.1) is 0 Å². The van der Waals surface area contributed by atoms with Crippen molar-refractivity contribution in [1.29, 1.82) is 0 Å². The molecule has 1 aliphatic rings. The molecule has 1 aromatic rings. The summed E-state index contributed by atoms with van der Waals surface area (Å²) in [6.45, 7) is 18.1. The highest BCUT2D eigenvalue weighted by molar-refractivity contribution is 5.64. The van der Waals surface area contributed by atoms with Gasteiger partial charge < -0.3 is 0 Å². The first-order chi connectivity index (χ1) is 10.4. The van der Waals surface area contributed by atoms with Crippen LogP contribution in [0.2, 0.25) is 0 Å². The Morgan fingerprint density at radius 1 is 1.14 bits per heavy atom. The van der Waals surface area contributed by atoms with E-state index < -0.39 is 0 Å². The van der Waals surface area contributed by atoms with Crippen molar-refractivity contribution in [3.05, 3.63) is 41.6 Å². The molecule has 0 amide bonds. The largest absolute Gasteiger partial charge is 0.297 e. The molecule has 0 unspecified atom stereocenters. The third-order valence-electron chi connectivity index (χ3n) is 4.42. The molecule has 3 nitrogen and oxygen atoms in total. The van der Waals surface area contributed by atoms with Crippen molar-refractivity contribution >= 4 is 12.3 Å². The third kappa shape index (κ3) is 4.52. The summed E-state index contributed by atoms with van der Waals surface area (Å²) in [5.41, 5.74) is 4.04. The fourth-order valence-electron chi connectivity index (χ4n) is 2.92. The first kappa shape index (κ1) is 16.9. The second-order valence-electron chi connectivity index (χ2n) is 7.13. The second-order valence-corrected chi connectivity index (χ2v) is 7.13. The van der Waals surface area contributed by atoms with E-state index in [1.807, 2.05) is 0 Å². The Hall–Kier alpha value is -1.45. The minimum Gasteiger partial charge on any atom is -0.297 e. The Morgan fingerprint density at radius 2 is 1.73 bits per heavy atom. The van der Waals surface area contributed by atoms with Gasteiger partial charge in [-0.05, 0) is 51.1 Å². The smallest absolute Gasteiger partial charge is 0.0295 e. The molecule has 120 valence electrons. The Bertz CT molecular complexity index is 515. The molecule has 0 saturated carbocycles. The van der Waals surface area contributed by atoms with Crippen LogP contribution in [0.25, 0.3) is 5.57 Å². The molecule has 1 aromatic carbocycles. The summed E-state index contributed by atoms with van der Waals surface area (Å²) in [6.07, 6.45) is 1.81. The number of rotatable bonds is 4. The number of nitrogens with zero attached hydrogens (tertiary/aromatic N) is 3. The van der Waals surface area contributed by atoms with E-state index >= 15 is 0 Å². The highest BCUT2D eigenvalue weighted by atomic mass is 15.3. The maximum atomic E-state index is 3.83. The minimum absolute atomic E-state index is 0.288. The van der Waals surface area contributed by atoms with Crippen LogP contribution < -0.4 is 0 Å². The van der Waals surface area contributed by atoms with Gasteiger partial charge in [0.15, 0.2) is 0 Å². The van der Waals surface area contributed by atoms with E-state index in [-0.39, 0.29) is 5.54 Å².